The van der Waals surface area contributed by atoms with E-state index in [-0.39, 0.29) is 11.8 Å². The third-order valence-corrected chi connectivity index (χ3v) is 3.60. The number of carbonyl (C=O) groups excluding carboxylic acids is 2. The fourth-order valence-corrected chi connectivity index (χ4v) is 2.27. The van der Waals surface area contributed by atoms with Gasteiger partial charge in [0.15, 0.2) is 0 Å². The Hall–Kier alpha value is -2.41. The fourth-order valence-electron chi connectivity index (χ4n) is 1.69. The van der Waals surface area contributed by atoms with Crippen molar-refractivity contribution in [1.82, 2.24) is 15.6 Å². The Morgan fingerprint density at radius 3 is 2.95 bits per heavy atom. The van der Waals surface area contributed by atoms with Gasteiger partial charge in [-0.2, -0.15) is 0 Å². The third kappa shape index (κ3) is 4.85. The molecule has 0 aromatic carbocycles. The van der Waals surface area contributed by atoms with Crippen LogP contribution in [-0.2, 0) is 16.1 Å². The zero-order chi connectivity index (χ0) is 15.9. The minimum Gasteiger partial charge on any atom is -0.467 e. The lowest BCUT2D eigenvalue weighted by molar-refractivity contribution is -0.126. The molecule has 6 nitrogen and oxygen atoms in total. The van der Waals surface area contributed by atoms with Gasteiger partial charge < -0.3 is 15.1 Å². The number of aromatic nitrogens is 1. The van der Waals surface area contributed by atoms with Crippen LogP contribution in [0.3, 0.4) is 0 Å². The molecule has 7 heteroatoms. The second-order valence-electron chi connectivity index (χ2n) is 4.65. The molecule has 0 bridgehead atoms. The van der Waals surface area contributed by atoms with E-state index in [2.05, 4.69) is 15.6 Å². The lowest BCUT2D eigenvalue weighted by Crippen LogP contribution is -2.44. The summed E-state index contributed by atoms with van der Waals surface area (Å²) in [6.07, 6.45) is 4.52. The van der Waals surface area contributed by atoms with Crippen LogP contribution < -0.4 is 10.6 Å². The first-order chi connectivity index (χ1) is 10.5. The molecule has 0 saturated heterocycles. The van der Waals surface area contributed by atoms with E-state index in [0.717, 1.165) is 10.7 Å². The van der Waals surface area contributed by atoms with Crippen LogP contribution in [0.5, 0.6) is 0 Å². The Morgan fingerprint density at radius 1 is 1.50 bits per heavy atom. The SMILES string of the molecule is Cc1nc(/C=C\C(=O)N[C@H](C)C(=O)NCc2ccco2)cs1. The number of hydrogen-bond donors (Lipinski definition) is 2. The average molecular weight is 319 g/mol. The lowest BCUT2D eigenvalue weighted by Gasteiger charge is -2.12. The Kier molecular flexibility index (Phi) is 5.48. The van der Waals surface area contributed by atoms with E-state index >= 15 is 0 Å². The number of thiazole rings is 1. The molecule has 0 fully saturated rings. The number of aryl methyl sites for hydroxylation is 1. The molecule has 0 unspecified atom stereocenters. The van der Waals surface area contributed by atoms with Crippen molar-refractivity contribution < 1.29 is 14.0 Å². The highest BCUT2D eigenvalue weighted by Crippen LogP contribution is 2.08. The van der Waals surface area contributed by atoms with Crippen LogP contribution in [0.15, 0.2) is 34.3 Å². The van der Waals surface area contributed by atoms with Gasteiger partial charge in [-0.05, 0) is 32.1 Å². The first kappa shape index (κ1) is 16.0. The number of rotatable bonds is 6. The Bertz CT molecular complexity index is 661. The highest BCUT2D eigenvalue weighted by atomic mass is 32.1. The van der Waals surface area contributed by atoms with Gasteiger partial charge in [-0.15, -0.1) is 11.3 Å². The summed E-state index contributed by atoms with van der Waals surface area (Å²) in [4.78, 5) is 27.8. The van der Waals surface area contributed by atoms with Crippen molar-refractivity contribution in [1.29, 1.82) is 0 Å². The van der Waals surface area contributed by atoms with Crippen LogP contribution in [0.4, 0.5) is 0 Å². The van der Waals surface area contributed by atoms with Crippen LogP contribution in [0.25, 0.3) is 6.08 Å². The molecule has 2 rings (SSSR count). The van der Waals surface area contributed by atoms with Crippen molar-refractivity contribution in [3.8, 4) is 0 Å². The first-order valence-corrected chi connectivity index (χ1v) is 7.63. The number of nitrogens with one attached hydrogen (secondary N) is 2. The largest absolute Gasteiger partial charge is 0.467 e. The monoisotopic (exact) mass is 319 g/mol. The van der Waals surface area contributed by atoms with E-state index in [4.69, 9.17) is 4.42 Å². The predicted octanol–water partition coefficient (Wildman–Crippen LogP) is 1.88. The molecule has 0 saturated carbocycles. The van der Waals surface area contributed by atoms with Crippen molar-refractivity contribution in [3.63, 3.8) is 0 Å². The Balaban J connectivity index is 1.77. The zero-order valence-electron chi connectivity index (χ0n) is 12.3. The van der Waals surface area contributed by atoms with Crippen LogP contribution in [-0.4, -0.2) is 22.8 Å². The molecular formula is C15H17N3O3S. The highest BCUT2D eigenvalue weighted by molar-refractivity contribution is 7.09. The zero-order valence-corrected chi connectivity index (χ0v) is 13.1. The smallest absolute Gasteiger partial charge is 0.244 e. The van der Waals surface area contributed by atoms with Gasteiger partial charge >= 0.3 is 0 Å². The van der Waals surface area contributed by atoms with E-state index < -0.39 is 6.04 Å². The molecule has 0 radical (unpaired) electrons. The second kappa shape index (κ2) is 7.56. The van der Waals surface area contributed by atoms with Crippen LogP contribution in [0.1, 0.15) is 23.4 Å². The van der Waals surface area contributed by atoms with Gasteiger partial charge in [-0.3, -0.25) is 9.59 Å². The van der Waals surface area contributed by atoms with E-state index in [1.165, 1.54) is 23.7 Å². The molecule has 22 heavy (non-hydrogen) atoms. The quantitative estimate of drug-likeness (QED) is 0.796. The van der Waals surface area contributed by atoms with Crippen molar-refractivity contribution in [2.45, 2.75) is 26.4 Å². The fraction of sp³-hybridized carbons (Fsp3) is 0.267. The van der Waals surface area contributed by atoms with Gasteiger partial charge in [-0.1, -0.05) is 0 Å². The van der Waals surface area contributed by atoms with E-state index in [1.54, 1.807) is 25.1 Å². The molecule has 2 aromatic heterocycles. The van der Waals surface area contributed by atoms with Crippen LogP contribution in [0.2, 0.25) is 0 Å². The van der Waals surface area contributed by atoms with Crippen molar-refractivity contribution >= 4 is 29.2 Å². The maximum absolute atomic E-state index is 11.8. The van der Waals surface area contributed by atoms with Gasteiger partial charge in [0.05, 0.1) is 23.5 Å². The maximum atomic E-state index is 11.8. The third-order valence-electron chi connectivity index (χ3n) is 2.81. The second-order valence-corrected chi connectivity index (χ2v) is 5.71. The Labute approximate surface area is 132 Å². The summed E-state index contributed by atoms with van der Waals surface area (Å²) in [5.41, 5.74) is 0.729. The normalized spacial score (nSPS) is 12.3. The molecular weight excluding hydrogens is 302 g/mol. The van der Waals surface area contributed by atoms with Crippen molar-refractivity contribution in [3.05, 3.63) is 46.3 Å². The summed E-state index contributed by atoms with van der Waals surface area (Å²) >= 11 is 1.51. The lowest BCUT2D eigenvalue weighted by atomic mass is 10.3. The van der Waals surface area contributed by atoms with Gasteiger partial charge in [0.25, 0.3) is 0 Å². The molecule has 0 spiro atoms. The Morgan fingerprint density at radius 2 is 2.32 bits per heavy atom. The van der Waals surface area contributed by atoms with Crippen molar-refractivity contribution in [2.24, 2.45) is 0 Å². The summed E-state index contributed by atoms with van der Waals surface area (Å²) in [7, 11) is 0. The molecule has 116 valence electrons. The molecule has 0 aliphatic carbocycles. The van der Waals surface area contributed by atoms with E-state index in [0.29, 0.717) is 12.3 Å². The summed E-state index contributed by atoms with van der Waals surface area (Å²) in [5.74, 6) is 0.0413. The van der Waals surface area contributed by atoms with Gasteiger partial charge in [0.1, 0.15) is 11.8 Å². The van der Waals surface area contributed by atoms with Gasteiger partial charge in [0.2, 0.25) is 11.8 Å². The number of amides is 2. The van der Waals surface area contributed by atoms with Crippen LogP contribution in [0, 0.1) is 6.92 Å². The molecule has 2 N–H and O–H groups in total. The highest BCUT2D eigenvalue weighted by Gasteiger charge is 2.14. The maximum Gasteiger partial charge on any atom is 0.244 e. The van der Waals surface area contributed by atoms with Gasteiger partial charge in [0, 0.05) is 11.5 Å². The number of carbonyl (C=O) groups is 2. The topological polar surface area (TPSA) is 84.2 Å². The van der Waals surface area contributed by atoms with Gasteiger partial charge in [-0.25, -0.2) is 4.98 Å². The standard InChI is InChI=1S/C15H17N3O3S/c1-10(15(20)16-8-13-4-3-7-21-13)17-14(19)6-5-12-9-22-11(2)18-12/h3-7,9-10H,8H2,1-2H3,(H,16,20)(H,17,19)/b6-5-/t10-/m1/s1. The minimum absolute atomic E-state index is 0.275. The number of nitrogens with zero attached hydrogens (tertiary/aromatic N) is 1. The van der Waals surface area contributed by atoms with Crippen molar-refractivity contribution in [2.75, 3.05) is 0 Å². The van der Waals surface area contributed by atoms with Crippen LogP contribution >= 0.6 is 11.3 Å². The minimum atomic E-state index is -0.635. The molecule has 2 aromatic rings. The summed E-state index contributed by atoms with van der Waals surface area (Å²) in [5, 5.41) is 8.07. The average Bonchev–Trinajstić information content (AvgIpc) is 3.14. The summed E-state index contributed by atoms with van der Waals surface area (Å²) < 4.78 is 5.12. The van der Waals surface area contributed by atoms with E-state index in [9.17, 15) is 9.59 Å². The first-order valence-electron chi connectivity index (χ1n) is 6.75. The summed E-state index contributed by atoms with van der Waals surface area (Å²) in [6, 6.07) is 2.88. The number of furan rings is 1. The molecule has 2 heterocycles. The molecule has 0 aliphatic heterocycles. The number of hydrogen-bond acceptors (Lipinski definition) is 5. The molecule has 2 amide bonds. The summed E-state index contributed by atoms with van der Waals surface area (Å²) in [6.45, 7) is 3.81. The molecule has 0 aliphatic rings. The van der Waals surface area contributed by atoms with E-state index in [1.807, 2.05) is 12.3 Å². The molecule has 1 atom stereocenters. The predicted molar refractivity (Wildman–Crippen MR) is 84.0 cm³/mol.